The fourth-order valence-electron chi connectivity index (χ4n) is 3.32. The number of nitrogens with zero attached hydrogens (tertiary/aromatic N) is 2. The normalized spacial score (nSPS) is 15.3. The summed E-state index contributed by atoms with van der Waals surface area (Å²) in [6, 6.07) is 10.5. The van der Waals surface area contributed by atoms with Gasteiger partial charge in [0.05, 0.1) is 18.2 Å². The van der Waals surface area contributed by atoms with E-state index >= 15 is 0 Å². The zero-order valence-corrected chi connectivity index (χ0v) is 15.6. The van der Waals surface area contributed by atoms with E-state index in [9.17, 15) is 10.1 Å². The van der Waals surface area contributed by atoms with Crippen LogP contribution in [0.5, 0.6) is 0 Å². The summed E-state index contributed by atoms with van der Waals surface area (Å²) in [4.78, 5) is 16.1. The maximum Gasteiger partial charge on any atom is 0.339 e. The number of carbonyl (C=O) groups excluding carboxylic acids is 1. The molecule has 1 aromatic carbocycles. The third kappa shape index (κ3) is 4.32. The summed E-state index contributed by atoms with van der Waals surface area (Å²) < 4.78 is 5.05. The molecular weight excluding hydrogens is 336 g/mol. The molecule has 4 nitrogen and oxygen atoms in total. The number of fused-ring (bicyclic) bond motifs is 1. The fraction of sp³-hybridized carbons (Fsp3) is 0.261. The Bertz CT molecular complexity index is 951. The number of carbonyl (C=O) groups is 1. The number of rotatable bonds is 5. The lowest BCUT2D eigenvalue weighted by atomic mass is 9.90. The third-order valence-electron chi connectivity index (χ3n) is 4.66. The lowest BCUT2D eigenvalue weighted by molar-refractivity contribution is 0.0525. The summed E-state index contributed by atoms with van der Waals surface area (Å²) in [7, 11) is 0. The van der Waals surface area contributed by atoms with E-state index in [0.29, 0.717) is 24.2 Å². The molecule has 136 valence electrons. The molecule has 1 unspecified atom stereocenters. The SMILES string of the molecule is CCOC(=O)c1cncc(Cc2ccc3c(c2)C=CC(C#N)=CC3CC)c1. The first-order chi connectivity index (χ1) is 13.1. The Morgan fingerprint density at radius 1 is 1.19 bits per heavy atom. The van der Waals surface area contributed by atoms with Crippen LogP contribution in [0.3, 0.4) is 0 Å². The highest BCUT2D eigenvalue weighted by molar-refractivity contribution is 5.89. The van der Waals surface area contributed by atoms with Gasteiger partial charge in [-0.3, -0.25) is 4.98 Å². The maximum absolute atomic E-state index is 11.9. The van der Waals surface area contributed by atoms with E-state index in [1.807, 2.05) is 24.3 Å². The highest BCUT2D eigenvalue weighted by Crippen LogP contribution is 2.31. The minimum Gasteiger partial charge on any atom is -0.462 e. The van der Waals surface area contributed by atoms with Crippen LogP contribution in [-0.2, 0) is 11.2 Å². The van der Waals surface area contributed by atoms with Gasteiger partial charge in [-0.25, -0.2) is 4.79 Å². The second-order valence-electron chi connectivity index (χ2n) is 6.52. The Balaban J connectivity index is 1.87. The van der Waals surface area contributed by atoms with E-state index in [0.717, 1.165) is 23.1 Å². The van der Waals surface area contributed by atoms with Gasteiger partial charge in [-0.2, -0.15) is 5.26 Å². The first-order valence-electron chi connectivity index (χ1n) is 9.18. The molecule has 27 heavy (non-hydrogen) atoms. The molecule has 0 bridgehead atoms. The lowest BCUT2D eigenvalue weighted by Crippen LogP contribution is -2.06. The van der Waals surface area contributed by atoms with E-state index in [-0.39, 0.29) is 11.9 Å². The van der Waals surface area contributed by atoms with E-state index in [1.165, 1.54) is 11.8 Å². The van der Waals surface area contributed by atoms with E-state index < -0.39 is 0 Å². The third-order valence-corrected chi connectivity index (χ3v) is 4.66. The first-order valence-corrected chi connectivity index (χ1v) is 9.18. The highest BCUT2D eigenvalue weighted by atomic mass is 16.5. The van der Waals surface area contributed by atoms with Gasteiger partial charge < -0.3 is 4.74 Å². The minimum absolute atomic E-state index is 0.243. The Labute approximate surface area is 159 Å². The van der Waals surface area contributed by atoms with Gasteiger partial charge in [-0.1, -0.05) is 37.3 Å². The van der Waals surface area contributed by atoms with Gasteiger partial charge in [0.25, 0.3) is 0 Å². The van der Waals surface area contributed by atoms with Crippen molar-refractivity contribution >= 4 is 12.0 Å². The van der Waals surface area contributed by atoms with Crippen molar-refractivity contribution in [1.29, 1.82) is 5.26 Å². The Kier molecular flexibility index (Phi) is 5.83. The maximum atomic E-state index is 11.9. The van der Waals surface area contributed by atoms with Crippen molar-refractivity contribution in [3.05, 3.63) is 82.2 Å². The van der Waals surface area contributed by atoms with Gasteiger partial charge in [0.15, 0.2) is 0 Å². The van der Waals surface area contributed by atoms with Crippen LogP contribution in [0.25, 0.3) is 6.08 Å². The zero-order chi connectivity index (χ0) is 19.2. The second-order valence-corrected chi connectivity index (χ2v) is 6.52. The monoisotopic (exact) mass is 358 g/mol. The molecule has 0 aliphatic heterocycles. The Morgan fingerprint density at radius 3 is 2.78 bits per heavy atom. The van der Waals surface area contributed by atoms with Crippen LogP contribution in [-0.4, -0.2) is 17.6 Å². The molecule has 3 rings (SSSR count). The van der Waals surface area contributed by atoms with Crippen LogP contribution >= 0.6 is 0 Å². The van der Waals surface area contributed by atoms with Gasteiger partial charge in [0.2, 0.25) is 0 Å². The highest BCUT2D eigenvalue weighted by Gasteiger charge is 2.15. The molecule has 1 aliphatic rings. The molecule has 0 saturated carbocycles. The Morgan fingerprint density at radius 2 is 2.04 bits per heavy atom. The zero-order valence-electron chi connectivity index (χ0n) is 15.6. The lowest BCUT2D eigenvalue weighted by Gasteiger charge is -2.14. The van der Waals surface area contributed by atoms with Crippen LogP contribution in [0.15, 0.2) is 54.4 Å². The van der Waals surface area contributed by atoms with Crippen LogP contribution in [0.4, 0.5) is 0 Å². The number of allylic oxidation sites excluding steroid dienone is 3. The molecule has 0 N–H and O–H groups in total. The molecule has 0 radical (unpaired) electrons. The summed E-state index contributed by atoms with van der Waals surface area (Å²) in [5, 5.41) is 9.25. The molecular formula is C23H22N2O2. The van der Waals surface area contributed by atoms with Crippen molar-refractivity contribution in [3.8, 4) is 6.07 Å². The van der Waals surface area contributed by atoms with Crippen LogP contribution < -0.4 is 0 Å². The summed E-state index contributed by atoms with van der Waals surface area (Å²) in [5.74, 6) is -0.106. The molecule has 2 aromatic rings. The number of aromatic nitrogens is 1. The summed E-state index contributed by atoms with van der Waals surface area (Å²) >= 11 is 0. The smallest absolute Gasteiger partial charge is 0.339 e. The number of nitriles is 1. The number of hydrogen-bond acceptors (Lipinski definition) is 4. The van der Waals surface area contributed by atoms with Crippen LogP contribution in [0, 0.1) is 11.3 Å². The van der Waals surface area contributed by atoms with E-state index in [2.05, 4.69) is 36.2 Å². The second kappa shape index (κ2) is 8.46. The van der Waals surface area contributed by atoms with E-state index in [1.54, 1.807) is 13.1 Å². The molecule has 1 aromatic heterocycles. The number of hydrogen-bond donors (Lipinski definition) is 0. The molecule has 0 fully saturated rings. The molecule has 1 aliphatic carbocycles. The fourth-order valence-corrected chi connectivity index (χ4v) is 3.32. The van der Waals surface area contributed by atoms with E-state index in [4.69, 9.17) is 4.74 Å². The predicted octanol–water partition coefficient (Wildman–Crippen LogP) is 4.82. The Hall–Kier alpha value is -3.19. The van der Waals surface area contributed by atoms with Crippen LogP contribution in [0.2, 0.25) is 0 Å². The molecule has 0 spiro atoms. The largest absolute Gasteiger partial charge is 0.462 e. The molecule has 4 heteroatoms. The molecule has 0 amide bonds. The minimum atomic E-state index is -0.349. The quantitative estimate of drug-likeness (QED) is 0.719. The van der Waals surface area contributed by atoms with Gasteiger partial charge in [0, 0.05) is 23.9 Å². The molecule has 0 saturated heterocycles. The summed E-state index contributed by atoms with van der Waals surface area (Å²) in [6.45, 7) is 4.26. The van der Waals surface area contributed by atoms with Crippen molar-refractivity contribution in [3.63, 3.8) is 0 Å². The average molecular weight is 358 g/mol. The first kappa shape index (κ1) is 18.6. The van der Waals surface area contributed by atoms with Crippen molar-refractivity contribution in [2.24, 2.45) is 0 Å². The topological polar surface area (TPSA) is 63.0 Å². The van der Waals surface area contributed by atoms with Crippen molar-refractivity contribution in [2.75, 3.05) is 6.61 Å². The number of esters is 1. The van der Waals surface area contributed by atoms with Crippen LogP contribution in [0.1, 0.15) is 58.8 Å². The summed E-state index contributed by atoms with van der Waals surface area (Å²) in [6.07, 6.45) is 10.9. The molecule has 1 atom stereocenters. The van der Waals surface area contributed by atoms with Crippen molar-refractivity contribution in [1.82, 2.24) is 4.98 Å². The number of ether oxygens (including phenoxy) is 1. The number of pyridine rings is 1. The van der Waals surface area contributed by atoms with Crippen molar-refractivity contribution < 1.29 is 9.53 Å². The predicted molar refractivity (Wildman–Crippen MR) is 105 cm³/mol. The van der Waals surface area contributed by atoms with Gasteiger partial charge >= 0.3 is 5.97 Å². The standard InChI is InChI=1S/C23H22N2O2/c1-3-19-11-17(13-24)5-7-20-10-16(6-8-22(19)20)9-18-12-21(15-25-14-18)23(26)27-4-2/h5-8,10-12,14-15,19H,3-4,9H2,1-2H3. The van der Waals surface area contributed by atoms with Gasteiger partial charge in [0.1, 0.15) is 0 Å². The van der Waals surface area contributed by atoms with Crippen molar-refractivity contribution in [2.45, 2.75) is 32.6 Å². The number of benzene rings is 1. The summed E-state index contributed by atoms with van der Waals surface area (Å²) in [5.41, 5.74) is 5.64. The average Bonchev–Trinajstić information content (AvgIpc) is 2.87. The molecule has 1 heterocycles. The van der Waals surface area contributed by atoms with Gasteiger partial charge in [-0.05, 0) is 54.2 Å². The van der Waals surface area contributed by atoms with Gasteiger partial charge in [-0.15, -0.1) is 0 Å².